The molecule has 0 radical (unpaired) electrons. The first-order chi connectivity index (χ1) is 14.0. The van der Waals surface area contributed by atoms with Gasteiger partial charge in [0.2, 0.25) is 0 Å². The van der Waals surface area contributed by atoms with Crippen molar-refractivity contribution < 1.29 is 28.9 Å². The highest BCUT2D eigenvalue weighted by atomic mass is 33.1. The summed E-state index contributed by atoms with van der Waals surface area (Å²) in [5.41, 5.74) is 1.27. The molecule has 0 amide bonds. The minimum Gasteiger partial charge on any atom is -0.482 e. The summed E-state index contributed by atoms with van der Waals surface area (Å²) in [7, 11) is 3.19. The van der Waals surface area contributed by atoms with Crippen molar-refractivity contribution in [1.29, 1.82) is 0 Å². The number of carboxylic acids is 1. The molecule has 0 aliphatic rings. The van der Waals surface area contributed by atoms with Crippen LogP contribution < -0.4 is 9.47 Å². The van der Waals surface area contributed by atoms with Crippen LogP contribution in [0.4, 0.5) is 0 Å². The van der Waals surface area contributed by atoms with Gasteiger partial charge in [-0.05, 0) is 82.1 Å². The Kier molecular flexibility index (Phi) is 8.49. The second-order valence-corrected chi connectivity index (χ2v) is 9.85. The highest BCUT2D eigenvalue weighted by Gasteiger charge is 2.17. The lowest BCUT2D eigenvalue weighted by atomic mass is 10.2. The van der Waals surface area contributed by atoms with Crippen LogP contribution in [0.3, 0.4) is 0 Å². The lowest BCUT2D eigenvalue weighted by molar-refractivity contribution is -0.157. The summed E-state index contributed by atoms with van der Waals surface area (Å²) in [4.78, 5) is 24.5. The first kappa shape index (κ1) is 24.0. The van der Waals surface area contributed by atoms with Crippen LogP contribution in [0, 0.1) is 13.8 Å². The number of aryl methyl sites for hydroxylation is 2. The van der Waals surface area contributed by atoms with Gasteiger partial charge in [-0.1, -0.05) is 21.6 Å². The molecule has 0 saturated carbocycles. The zero-order chi connectivity index (χ0) is 22.3. The highest BCUT2D eigenvalue weighted by Crippen LogP contribution is 2.40. The van der Waals surface area contributed by atoms with E-state index in [0.717, 1.165) is 20.9 Å². The second kappa shape index (κ2) is 10.6. The number of esters is 1. The SMILES string of the molecule is Cc1cc(SSc2ccc(OCC(=O)OC(C)(C)C)c(C)c2)ccc1OCC(=O)O. The van der Waals surface area contributed by atoms with E-state index in [1.165, 1.54) is 0 Å². The maximum Gasteiger partial charge on any atom is 0.344 e. The zero-order valence-corrected chi connectivity index (χ0v) is 19.3. The summed E-state index contributed by atoms with van der Waals surface area (Å²) in [6, 6.07) is 11.4. The molecule has 2 aromatic rings. The minimum atomic E-state index is -1.00. The Hall–Kier alpha value is -2.32. The van der Waals surface area contributed by atoms with Gasteiger partial charge in [0.05, 0.1) is 0 Å². The average Bonchev–Trinajstić information content (AvgIpc) is 2.63. The Labute approximate surface area is 184 Å². The number of ether oxygens (including phenoxy) is 3. The maximum atomic E-state index is 11.8. The molecule has 2 rings (SSSR count). The van der Waals surface area contributed by atoms with Gasteiger partial charge in [0.1, 0.15) is 17.1 Å². The summed E-state index contributed by atoms with van der Waals surface area (Å²) in [5.74, 6) is -0.195. The number of carbonyl (C=O) groups is 2. The summed E-state index contributed by atoms with van der Waals surface area (Å²) < 4.78 is 16.1. The molecule has 6 nitrogen and oxygen atoms in total. The van der Waals surface area contributed by atoms with Crippen LogP contribution in [-0.4, -0.2) is 35.9 Å². The van der Waals surface area contributed by atoms with Gasteiger partial charge >= 0.3 is 11.9 Å². The number of carbonyl (C=O) groups excluding carboxylic acids is 1. The van der Waals surface area contributed by atoms with Crippen molar-refractivity contribution in [3.63, 3.8) is 0 Å². The van der Waals surface area contributed by atoms with Crippen molar-refractivity contribution in [1.82, 2.24) is 0 Å². The molecule has 0 aliphatic heterocycles. The third kappa shape index (κ3) is 8.20. The molecule has 8 heteroatoms. The molecule has 0 bridgehead atoms. The summed E-state index contributed by atoms with van der Waals surface area (Å²) in [5, 5.41) is 8.71. The van der Waals surface area contributed by atoms with Crippen molar-refractivity contribution in [3.05, 3.63) is 47.5 Å². The molecule has 0 fully saturated rings. The molecule has 1 N–H and O–H groups in total. The lowest BCUT2D eigenvalue weighted by Crippen LogP contribution is -2.27. The Morgan fingerprint density at radius 3 is 1.73 bits per heavy atom. The predicted octanol–water partition coefficient (Wildman–Crippen LogP) is 5.29. The number of benzene rings is 2. The molecule has 0 aliphatic carbocycles. The molecule has 0 unspecified atom stereocenters. The first-order valence-electron chi connectivity index (χ1n) is 9.28. The zero-order valence-electron chi connectivity index (χ0n) is 17.7. The largest absolute Gasteiger partial charge is 0.482 e. The number of rotatable bonds is 9. The van der Waals surface area contributed by atoms with E-state index in [2.05, 4.69) is 0 Å². The molecule has 30 heavy (non-hydrogen) atoms. The number of hydrogen-bond acceptors (Lipinski definition) is 7. The third-order valence-electron chi connectivity index (χ3n) is 3.64. The molecule has 0 saturated heterocycles. The third-order valence-corrected chi connectivity index (χ3v) is 6.02. The van der Waals surface area contributed by atoms with Gasteiger partial charge in [0.25, 0.3) is 0 Å². The van der Waals surface area contributed by atoms with Crippen LogP contribution in [0.5, 0.6) is 11.5 Å². The smallest absolute Gasteiger partial charge is 0.344 e. The van der Waals surface area contributed by atoms with E-state index in [-0.39, 0.29) is 13.2 Å². The molecular weight excluding hydrogens is 424 g/mol. The van der Waals surface area contributed by atoms with Gasteiger partial charge in [0.15, 0.2) is 13.2 Å². The average molecular weight is 451 g/mol. The van der Waals surface area contributed by atoms with Gasteiger partial charge < -0.3 is 19.3 Å². The summed E-state index contributed by atoms with van der Waals surface area (Å²) >= 11 is 0. The Morgan fingerprint density at radius 1 is 0.867 bits per heavy atom. The highest BCUT2D eigenvalue weighted by molar-refractivity contribution is 8.76. The van der Waals surface area contributed by atoms with Crippen LogP contribution in [-0.2, 0) is 14.3 Å². The molecule has 2 aromatic carbocycles. The van der Waals surface area contributed by atoms with Gasteiger partial charge in [-0.3, -0.25) is 0 Å². The van der Waals surface area contributed by atoms with Crippen molar-refractivity contribution >= 4 is 33.5 Å². The van der Waals surface area contributed by atoms with Crippen LogP contribution >= 0.6 is 21.6 Å². The molecular formula is C22H26O6S2. The Balaban J connectivity index is 1.91. The van der Waals surface area contributed by atoms with E-state index >= 15 is 0 Å². The van der Waals surface area contributed by atoms with Gasteiger partial charge in [-0.25, -0.2) is 9.59 Å². The minimum absolute atomic E-state index is 0.130. The van der Waals surface area contributed by atoms with E-state index in [0.29, 0.717) is 11.5 Å². The molecule has 0 aromatic heterocycles. The Morgan fingerprint density at radius 2 is 1.33 bits per heavy atom. The standard InChI is InChI=1S/C22H26O6S2/c1-14-10-16(6-8-18(14)26-12-20(23)24)29-30-17-7-9-19(15(2)11-17)27-13-21(25)28-22(3,4)5/h6-11H,12-13H2,1-5H3,(H,23,24). The molecule has 0 spiro atoms. The topological polar surface area (TPSA) is 82.1 Å². The molecule has 0 atom stereocenters. The lowest BCUT2D eigenvalue weighted by Gasteiger charge is -2.19. The van der Waals surface area contributed by atoms with Crippen LogP contribution in [0.1, 0.15) is 31.9 Å². The molecule has 162 valence electrons. The number of hydrogen-bond donors (Lipinski definition) is 1. The van der Waals surface area contributed by atoms with Crippen LogP contribution in [0.2, 0.25) is 0 Å². The van der Waals surface area contributed by atoms with Crippen molar-refractivity contribution in [2.24, 2.45) is 0 Å². The number of aliphatic carboxylic acids is 1. The van der Waals surface area contributed by atoms with E-state index in [9.17, 15) is 9.59 Å². The number of carboxylic acid groups (broad SMARTS) is 1. The van der Waals surface area contributed by atoms with E-state index in [1.54, 1.807) is 27.7 Å². The predicted molar refractivity (Wildman–Crippen MR) is 119 cm³/mol. The van der Waals surface area contributed by atoms with E-state index < -0.39 is 17.5 Å². The van der Waals surface area contributed by atoms with Crippen LogP contribution in [0.15, 0.2) is 46.2 Å². The second-order valence-electron chi connectivity index (χ2n) is 7.58. The van der Waals surface area contributed by atoms with Gasteiger partial charge in [-0.15, -0.1) is 0 Å². The van der Waals surface area contributed by atoms with Crippen molar-refractivity contribution in [2.75, 3.05) is 13.2 Å². The Bertz CT molecular complexity index is 905. The fourth-order valence-corrected chi connectivity index (χ4v) is 4.50. The van der Waals surface area contributed by atoms with Crippen molar-refractivity contribution in [2.45, 2.75) is 50.0 Å². The maximum absolute atomic E-state index is 11.8. The fraction of sp³-hybridized carbons (Fsp3) is 0.364. The fourth-order valence-electron chi connectivity index (χ4n) is 2.41. The van der Waals surface area contributed by atoms with Crippen molar-refractivity contribution in [3.8, 4) is 11.5 Å². The van der Waals surface area contributed by atoms with Gasteiger partial charge in [-0.2, -0.15) is 0 Å². The van der Waals surface area contributed by atoms with E-state index in [1.807, 2.05) is 65.0 Å². The quantitative estimate of drug-likeness (QED) is 0.408. The van der Waals surface area contributed by atoms with Gasteiger partial charge in [0, 0.05) is 9.79 Å². The summed E-state index contributed by atoms with van der Waals surface area (Å²) in [6.07, 6.45) is 0. The monoisotopic (exact) mass is 450 g/mol. The first-order valence-corrected chi connectivity index (χ1v) is 11.4. The summed E-state index contributed by atoms with van der Waals surface area (Å²) in [6.45, 7) is 8.78. The molecule has 0 heterocycles. The van der Waals surface area contributed by atoms with E-state index in [4.69, 9.17) is 19.3 Å². The van der Waals surface area contributed by atoms with Crippen LogP contribution in [0.25, 0.3) is 0 Å². The normalized spacial score (nSPS) is 11.1.